The molecule has 0 saturated carbocycles. The van der Waals surface area contributed by atoms with Crippen LogP contribution >= 0.6 is 0 Å². The Balaban J connectivity index is 2.06. The summed E-state index contributed by atoms with van der Waals surface area (Å²) >= 11 is 0. The molecule has 2 rings (SSSR count). The van der Waals surface area contributed by atoms with E-state index < -0.39 is 0 Å². The van der Waals surface area contributed by atoms with Crippen molar-refractivity contribution in [1.29, 1.82) is 0 Å². The fourth-order valence-electron chi connectivity index (χ4n) is 2.71. The van der Waals surface area contributed by atoms with E-state index in [4.69, 9.17) is 0 Å². The van der Waals surface area contributed by atoms with E-state index in [1.165, 1.54) is 11.1 Å². The summed E-state index contributed by atoms with van der Waals surface area (Å²) in [6, 6.07) is 9.05. The van der Waals surface area contributed by atoms with Crippen molar-refractivity contribution in [3.63, 3.8) is 0 Å². The van der Waals surface area contributed by atoms with Crippen LogP contribution in [-0.2, 0) is 11.2 Å². The maximum atomic E-state index is 11.8. The predicted octanol–water partition coefficient (Wildman–Crippen LogP) is 2.91. The van der Waals surface area contributed by atoms with Crippen LogP contribution in [0.15, 0.2) is 24.3 Å². The van der Waals surface area contributed by atoms with E-state index in [1.54, 1.807) is 0 Å². The Kier molecular flexibility index (Phi) is 5.60. The summed E-state index contributed by atoms with van der Waals surface area (Å²) in [5.74, 6) is 0.304. The molecule has 1 N–H and O–H groups in total. The number of hydrogen-bond acceptors (Lipinski definition) is 2. The lowest BCUT2D eigenvalue weighted by Crippen LogP contribution is -2.36. The van der Waals surface area contributed by atoms with Crippen molar-refractivity contribution in [1.82, 2.24) is 10.2 Å². The van der Waals surface area contributed by atoms with Gasteiger partial charge in [0.05, 0.1) is 0 Å². The molecule has 1 unspecified atom stereocenters. The Morgan fingerprint density at radius 2 is 2.00 bits per heavy atom. The van der Waals surface area contributed by atoms with Gasteiger partial charge in [-0.05, 0) is 36.9 Å². The number of hydrogen-bond donors (Lipinski definition) is 1. The molecule has 0 aromatic heterocycles. The Hall–Kier alpha value is -1.35. The van der Waals surface area contributed by atoms with Gasteiger partial charge in [-0.2, -0.15) is 0 Å². The van der Waals surface area contributed by atoms with Crippen LogP contribution in [0.25, 0.3) is 0 Å². The zero-order valence-corrected chi connectivity index (χ0v) is 12.7. The van der Waals surface area contributed by atoms with Gasteiger partial charge >= 0.3 is 0 Å². The first-order chi connectivity index (χ1) is 9.74. The minimum absolute atomic E-state index is 0.253. The first-order valence-corrected chi connectivity index (χ1v) is 7.84. The van der Waals surface area contributed by atoms with Gasteiger partial charge in [-0.3, -0.25) is 4.79 Å². The van der Waals surface area contributed by atoms with Gasteiger partial charge in [0.1, 0.15) is 0 Å². The van der Waals surface area contributed by atoms with Crippen LogP contribution < -0.4 is 5.32 Å². The molecule has 1 aromatic rings. The van der Waals surface area contributed by atoms with Crippen LogP contribution in [0.2, 0.25) is 0 Å². The van der Waals surface area contributed by atoms with Crippen LogP contribution in [0.1, 0.15) is 50.3 Å². The third kappa shape index (κ3) is 3.83. The molecule has 1 atom stereocenters. The monoisotopic (exact) mass is 274 g/mol. The Bertz CT molecular complexity index is 427. The Morgan fingerprint density at radius 1 is 1.25 bits per heavy atom. The fraction of sp³-hybridized carbons (Fsp3) is 0.588. The molecule has 0 radical (unpaired) electrons. The summed E-state index contributed by atoms with van der Waals surface area (Å²) < 4.78 is 0. The fourth-order valence-corrected chi connectivity index (χ4v) is 2.71. The van der Waals surface area contributed by atoms with Crippen LogP contribution in [0.4, 0.5) is 0 Å². The highest BCUT2D eigenvalue weighted by atomic mass is 16.2. The molecular weight excluding hydrogens is 248 g/mol. The third-order valence-electron chi connectivity index (χ3n) is 4.01. The second kappa shape index (κ2) is 7.44. The SMILES string of the molecule is CCCNC(CN1CCCC1=O)c1ccc(CC)cc1. The van der Waals surface area contributed by atoms with Crippen molar-refractivity contribution >= 4 is 5.91 Å². The van der Waals surface area contributed by atoms with E-state index >= 15 is 0 Å². The predicted molar refractivity (Wildman–Crippen MR) is 82.7 cm³/mol. The molecule has 20 heavy (non-hydrogen) atoms. The van der Waals surface area contributed by atoms with Crippen molar-refractivity contribution < 1.29 is 4.79 Å². The molecule has 1 fully saturated rings. The number of nitrogens with one attached hydrogen (secondary N) is 1. The van der Waals surface area contributed by atoms with Crippen molar-refractivity contribution in [3.8, 4) is 0 Å². The van der Waals surface area contributed by atoms with Crippen LogP contribution in [0.5, 0.6) is 0 Å². The van der Waals surface area contributed by atoms with E-state index in [9.17, 15) is 4.79 Å². The highest BCUT2D eigenvalue weighted by Crippen LogP contribution is 2.19. The van der Waals surface area contributed by atoms with Crippen molar-refractivity contribution in [2.45, 2.75) is 45.6 Å². The zero-order chi connectivity index (χ0) is 14.4. The van der Waals surface area contributed by atoms with Crippen LogP contribution in [0, 0.1) is 0 Å². The third-order valence-corrected chi connectivity index (χ3v) is 4.01. The van der Waals surface area contributed by atoms with E-state index in [1.807, 2.05) is 4.90 Å². The molecule has 0 spiro atoms. The van der Waals surface area contributed by atoms with Crippen molar-refractivity contribution in [2.75, 3.05) is 19.6 Å². The molecule has 3 nitrogen and oxygen atoms in total. The molecule has 1 amide bonds. The molecule has 1 saturated heterocycles. The zero-order valence-electron chi connectivity index (χ0n) is 12.7. The lowest BCUT2D eigenvalue weighted by atomic mass is 10.0. The minimum atomic E-state index is 0.253. The van der Waals surface area contributed by atoms with E-state index in [0.29, 0.717) is 5.91 Å². The molecule has 1 aliphatic rings. The number of carbonyl (C=O) groups excluding carboxylic acids is 1. The number of nitrogens with zero attached hydrogens (tertiary/aromatic N) is 1. The molecule has 0 bridgehead atoms. The van der Waals surface area contributed by atoms with Gasteiger partial charge < -0.3 is 10.2 Å². The van der Waals surface area contributed by atoms with E-state index in [-0.39, 0.29) is 6.04 Å². The van der Waals surface area contributed by atoms with Crippen molar-refractivity contribution in [2.24, 2.45) is 0 Å². The number of carbonyl (C=O) groups is 1. The van der Waals surface area contributed by atoms with Gasteiger partial charge in [0.25, 0.3) is 0 Å². The lowest BCUT2D eigenvalue weighted by molar-refractivity contribution is -0.128. The summed E-state index contributed by atoms with van der Waals surface area (Å²) in [6.45, 7) is 7.04. The second-order valence-electron chi connectivity index (χ2n) is 5.55. The quantitative estimate of drug-likeness (QED) is 0.829. The normalized spacial score (nSPS) is 16.7. The molecule has 3 heteroatoms. The van der Waals surface area contributed by atoms with E-state index in [0.717, 1.165) is 45.3 Å². The number of amides is 1. The highest BCUT2D eigenvalue weighted by molar-refractivity contribution is 5.78. The summed E-state index contributed by atoms with van der Waals surface area (Å²) in [5.41, 5.74) is 2.65. The van der Waals surface area contributed by atoms with Gasteiger partial charge in [-0.25, -0.2) is 0 Å². The molecule has 0 aliphatic carbocycles. The average Bonchev–Trinajstić information content (AvgIpc) is 2.89. The van der Waals surface area contributed by atoms with Gasteiger partial charge in [-0.1, -0.05) is 38.1 Å². The van der Waals surface area contributed by atoms with Gasteiger partial charge in [0.15, 0.2) is 0 Å². The summed E-state index contributed by atoms with van der Waals surface area (Å²) in [7, 11) is 0. The Labute approximate surface area is 122 Å². The smallest absolute Gasteiger partial charge is 0.222 e. The summed E-state index contributed by atoms with van der Waals surface area (Å²) in [4.78, 5) is 13.8. The summed E-state index contributed by atoms with van der Waals surface area (Å²) in [6.07, 6.45) is 3.90. The topological polar surface area (TPSA) is 32.3 Å². The van der Waals surface area contributed by atoms with Crippen LogP contribution in [-0.4, -0.2) is 30.4 Å². The first kappa shape index (κ1) is 15.0. The number of rotatable bonds is 7. The van der Waals surface area contributed by atoms with Crippen molar-refractivity contribution in [3.05, 3.63) is 35.4 Å². The molecule has 1 heterocycles. The Morgan fingerprint density at radius 3 is 2.55 bits per heavy atom. The second-order valence-corrected chi connectivity index (χ2v) is 5.55. The maximum absolute atomic E-state index is 11.8. The summed E-state index contributed by atoms with van der Waals surface area (Å²) in [5, 5.41) is 3.58. The van der Waals surface area contributed by atoms with Gasteiger partial charge in [-0.15, -0.1) is 0 Å². The number of likely N-dealkylation sites (tertiary alicyclic amines) is 1. The molecule has 1 aromatic carbocycles. The molecular formula is C17H26N2O. The van der Waals surface area contributed by atoms with E-state index in [2.05, 4.69) is 43.4 Å². The maximum Gasteiger partial charge on any atom is 0.222 e. The van der Waals surface area contributed by atoms with Crippen LogP contribution in [0.3, 0.4) is 0 Å². The molecule has 1 aliphatic heterocycles. The standard InChI is InChI=1S/C17H26N2O/c1-3-11-18-16(13-19-12-5-6-17(19)20)15-9-7-14(4-2)8-10-15/h7-10,16,18H,3-6,11-13H2,1-2H3. The van der Waals surface area contributed by atoms with Gasteiger partial charge in [0, 0.05) is 25.6 Å². The largest absolute Gasteiger partial charge is 0.341 e. The first-order valence-electron chi connectivity index (χ1n) is 7.84. The minimum Gasteiger partial charge on any atom is -0.341 e. The van der Waals surface area contributed by atoms with Gasteiger partial charge in [0.2, 0.25) is 5.91 Å². The number of benzene rings is 1. The highest BCUT2D eigenvalue weighted by Gasteiger charge is 2.23. The number of aryl methyl sites for hydroxylation is 1. The molecule has 110 valence electrons. The average molecular weight is 274 g/mol. The lowest BCUT2D eigenvalue weighted by Gasteiger charge is -2.25.